The second-order valence-corrected chi connectivity index (χ2v) is 6.29. The van der Waals surface area contributed by atoms with E-state index in [2.05, 4.69) is 13.8 Å². The zero-order chi connectivity index (χ0) is 14.7. The summed E-state index contributed by atoms with van der Waals surface area (Å²) in [5.74, 6) is 0.749. The third-order valence-corrected chi connectivity index (χ3v) is 4.38. The quantitative estimate of drug-likeness (QED) is 0.867. The van der Waals surface area contributed by atoms with Crippen LogP contribution in [0.2, 0.25) is 0 Å². The maximum absolute atomic E-state index is 12.7. The monoisotopic (exact) mass is 290 g/mol. The average Bonchev–Trinajstić information content (AvgIpc) is 2.89. The molecular weight excluding hydrogens is 268 g/mol. The van der Waals surface area contributed by atoms with Crippen LogP contribution in [0.15, 0.2) is 30.3 Å². The smallest absolute Gasteiger partial charge is 0.236 e. The number of amides is 1. The van der Waals surface area contributed by atoms with Gasteiger partial charge in [0.15, 0.2) is 0 Å². The Balaban J connectivity index is 2.15. The van der Waals surface area contributed by atoms with Gasteiger partial charge in [-0.3, -0.25) is 4.79 Å². The highest BCUT2D eigenvalue weighted by Crippen LogP contribution is 2.27. The number of carbonyl (C=O) groups is 1. The number of benzene rings is 1. The SMILES string of the molecule is CC(C)C1CCN(C(=O)C(C(N)=S)c2ccccc2)C1. The molecule has 1 fully saturated rings. The molecule has 0 spiro atoms. The van der Waals surface area contributed by atoms with Crippen molar-refractivity contribution in [3.8, 4) is 0 Å². The van der Waals surface area contributed by atoms with Gasteiger partial charge < -0.3 is 10.6 Å². The zero-order valence-corrected chi connectivity index (χ0v) is 12.9. The van der Waals surface area contributed by atoms with Gasteiger partial charge in [0.1, 0.15) is 5.92 Å². The zero-order valence-electron chi connectivity index (χ0n) is 12.1. The van der Waals surface area contributed by atoms with Gasteiger partial charge in [0.25, 0.3) is 0 Å². The van der Waals surface area contributed by atoms with E-state index < -0.39 is 5.92 Å². The van der Waals surface area contributed by atoms with Gasteiger partial charge in [0, 0.05) is 13.1 Å². The van der Waals surface area contributed by atoms with E-state index in [9.17, 15) is 4.79 Å². The van der Waals surface area contributed by atoms with Crippen LogP contribution >= 0.6 is 12.2 Å². The molecule has 1 aliphatic heterocycles. The topological polar surface area (TPSA) is 46.3 Å². The molecule has 0 aromatic heterocycles. The summed E-state index contributed by atoms with van der Waals surface area (Å²) in [6.45, 7) is 6.05. The average molecular weight is 290 g/mol. The Kier molecular flexibility index (Phi) is 4.76. The lowest BCUT2D eigenvalue weighted by Crippen LogP contribution is -2.38. The van der Waals surface area contributed by atoms with Gasteiger partial charge in [0.05, 0.1) is 4.99 Å². The number of thiocarbonyl (C=S) groups is 1. The van der Waals surface area contributed by atoms with Gasteiger partial charge in [-0.25, -0.2) is 0 Å². The van der Waals surface area contributed by atoms with Gasteiger partial charge in [0.2, 0.25) is 5.91 Å². The van der Waals surface area contributed by atoms with E-state index in [1.165, 1.54) is 0 Å². The van der Waals surface area contributed by atoms with Gasteiger partial charge in [-0.2, -0.15) is 0 Å². The van der Waals surface area contributed by atoms with Crippen molar-refractivity contribution in [3.05, 3.63) is 35.9 Å². The van der Waals surface area contributed by atoms with Crippen molar-refractivity contribution in [1.82, 2.24) is 4.90 Å². The third kappa shape index (κ3) is 3.18. The van der Waals surface area contributed by atoms with Crippen molar-refractivity contribution in [2.24, 2.45) is 17.6 Å². The number of hydrogen-bond donors (Lipinski definition) is 1. The maximum atomic E-state index is 12.7. The summed E-state index contributed by atoms with van der Waals surface area (Å²) in [4.78, 5) is 14.9. The molecule has 0 radical (unpaired) electrons. The first-order valence-electron chi connectivity index (χ1n) is 7.13. The summed E-state index contributed by atoms with van der Waals surface area (Å²) >= 11 is 5.12. The Morgan fingerprint density at radius 2 is 2.00 bits per heavy atom. The van der Waals surface area contributed by atoms with E-state index >= 15 is 0 Å². The third-order valence-electron chi connectivity index (χ3n) is 4.14. The van der Waals surface area contributed by atoms with Crippen LogP contribution in [0, 0.1) is 11.8 Å². The number of nitrogens with zero attached hydrogens (tertiary/aromatic N) is 1. The molecule has 4 heteroatoms. The molecule has 3 nitrogen and oxygen atoms in total. The number of carbonyl (C=O) groups excluding carboxylic acids is 1. The van der Waals surface area contributed by atoms with E-state index in [1.807, 2.05) is 35.2 Å². The van der Waals surface area contributed by atoms with Crippen molar-refractivity contribution in [3.63, 3.8) is 0 Å². The Morgan fingerprint density at radius 3 is 2.50 bits per heavy atom. The minimum absolute atomic E-state index is 0.0480. The molecule has 1 saturated heterocycles. The fourth-order valence-electron chi connectivity index (χ4n) is 2.79. The highest BCUT2D eigenvalue weighted by atomic mass is 32.1. The van der Waals surface area contributed by atoms with E-state index in [4.69, 9.17) is 18.0 Å². The molecule has 2 atom stereocenters. The summed E-state index contributed by atoms with van der Waals surface area (Å²) in [6, 6.07) is 9.58. The van der Waals surface area contributed by atoms with E-state index in [0.29, 0.717) is 11.8 Å². The molecule has 108 valence electrons. The first kappa shape index (κ1) is 15.0. The van der Waals surface area contributed by atoms with Crippen molar-refractivity contribution in [1.29, 1.82) is 0 Å². The van der Waals surface area contributed by atoms with Crippen LogP contribution in [0.25, 0.3) is 0 Å². The van der Waals surface area contributed by atoms with Crippen LogP contribution in [0.5, 0.6) is 0 Å². The molecule has 2 N–H and O–H groups in total. The summed E-state index contributed by atoms with van der Waals surface area (Å²) in [6.07, 6.45) is 1.07. The minimum atomic E-state index is -0.489. The van der Waals surface area contributed by atoms with E-state index in [1.54, 1.807) is 0 Å². The highest BCUT2D eigenvalue weighted by molar-refractivity contribution is 7.80. The van der Waals surface area contributed by atoms with Crippen LogP contribution < -0.4 is 5.73 Å². The molecule has 1 aromatic carbocycles. The number of rotatable bonds is 4. The first-order chi connectivity index (χ1) is 9.50. The second-order valence-electron chi connectivity index (χ2n) is 5.82. The molecule has 0 saturated carbocycles. The first-order valence-corrected chi connectivity index (χ1v) is 7.54. The van der Waals surface area contributed by atoms with E-state index in [-0.39, 0.29) is 10.9 Å². The van der Waals surface area contributed by atoms with Gasteiger partial charge in [-0.05, 0) is 23.8 Å². The minimum Gasteiger partial charge on any atom is -0.392 e. The standard InChI is InChI=1S/C16H22N2OS/c1-11(2)13-8-9-18(10-13)16(19)14(15(17)20)12-6-4-3-5-7-12/h3-7,11,13-14H,8-10H2,1-2H3,(H2,17,20). The molecule has 20 heavy (non-hydrogen) atoms. The number of nitrogens with two attached hydrogens (primary N) is 1. The van der Waals surface area contributed by atoms with E-state index in [0.717, 1.165) is 25.1 Å². The summed E-state index contributed by atoms with van der Waals surface area (Å²) < 4.78 is 0. The molecule has 2 unspecified atom stereocenters. The Morgan fingerprint density at radius 1 is 1.35 bits per heavy atom. The molecule has 1 heterocycles. The molecular formula is C16H22N2OS. The van der Waals surface area contributed by atoms with Gasteiger partial charge in [-0.15, -0.1) is 0 Å². The molecule has 1 amide bonds. The molecule has 0 aliphatic carbocycles. The van der Waals surface area contributed by atoms with Gasteiger partial charge in [-0.1, -0.05) is 56.4 Å². The predicted molar refractivity (Wildman–Crippen MR) is 85.5 cm³/mol. The van der Waals surface area contributed by atoms with Crippen molar-refractivity contribution in [2.75, 3.05) is 13.1 Å². The van der Waals surface area contributed by atoms with Crippen molar-refractivity contribution in [2.45, 2.75) is 26.2 Å². The number of likely N-dealkylation sites (tertiary alicyclic amines) is 1. The van der Waals surface area contributed by atoms with Crippen LogP contribution in [0.4, 0.5) is 0 Å². The van der Waals surface area contributed by atoms with Crippen molar-refractivity contribution >= 4 is 23.1 Å². The molecule has 1 aliphatic rings. The molecule has 2 rings (SSSR count). The fraction of sp³-hybridized carbons (Fsp3) is 0.500. The van der Waals surface area contributed by atoms with Crippen LogP contribution in [0.3, 0.4) is 0 Å². The van der Waals surface area contributed by atoms with Crippen LogP contribution in [-0.2, 0) is 4.79 Å². The summed E-state index contributed by atoms with van der Waals surface area (Å²) in [5, 5.41) is 0. The Bertz CT molecular complexity index is 487. The Hall–Kier alpha value is -1.42. The highest BCUT2D eigenvalue weighted by Gasteiger charge is 2.33. The summed E-state index contributed by atoms with van der Waals surface area (Å²) in [7, 11) is 0. The molecule has 1 aromatic rings. The molecule has 0 bridgehead atoms. The van der Waals surface area contributed by atoms with Crippen LogP contribution in [-0.4, -0.2) is 28.9 Å². The van der Waals surface area contributed by atoms with Gasteiger partial charge >= 0.3 is 0 Å². The lowest BCUT2D eigenvalue weighted by Gasteiger charge is -2.24. The van der Waals surface area contributed by atoms with Crippen LogP contribution in [0.1, 0.15) is 31.7 Å². The lowest BCUT2D eigenvalue weighted by atomic mass is 9.95. The maximum Gasteiger partial charge on any atom is 0.236 e. The lowest BCUT2D eigenvalue weighted by molar-refractivity contribution is -0.130. The second kappa shape index (κ2) is 6.35. The largest absolute Gasteiger partial charge is 0.392 e. The predicted octanol–water partition coefficient (Wildman–Crippen LogP) is 2.56. The Labute approximate surface area is 126 Å². The normalized spacial score (nSPS) is 20.1. The van der Waals surface area contributed by atoms with Crippen molar-refractivity contribution < 1.29 is 4.79 Å². The number of hydrogen-bond acceptors (Lipinski definition) is 2. The fourth-order valence-corrected chi connectivity index (χ4v) is 3.03. The summed E-state index contributed by atoms with van der Waals surface area (Å²) in [5.41, 5.74) is 6.70.